The summed E-state index contributed by atoms with van der Waals surface area (Å²) in [6, 6.07) is 7.59. The fraction of sp³-hybridized carbons (Fsp3) is 0.200. The Kier molecular flexibility index (Phi) is 4.29. The molecule has 0 heterocycles. The number of hydrogen-bond acceptors (Lipinski definition) is 2. The topological polar surface area (TPSA) is 32.3 Å². The van der Waals surface area contributed by atoms with E-state index in [0.29, 0.717) is 11.8 Å². The van der Waals surface area contributed by atoms with Crippen LogP contribution in [0.3, 0.4) is 0 Å². The lowest BCUT2D eigenvalue weighted by Gasteiger charge is -2.19. The van der Waals surface area contributed by atoms with Gasteiger partial charge in [-0.3, -0.25) is 0 Å². The number of aliphatic hydroxyl groups is 1. The van der Waals surface area contributed by atoms with Crippen molar-refractivity contribution < 1.29 is 18.3 Å². The van der Waals surface area contributed by atoms with Crippen molar-refractivity contribution in [3.63, 3.8) is 0 Å². The zero-order chi connectivity index (χ0) is 14.7. The average molecular weight is 281 g/mol. The second kappa shape index (κ2) is 5.96. The van der Waals surface area contributed by atoms with Crippen LogP contribution in [-0.4, -0.2) is 11.7 Å². The van der Waals surface area contributed by atoms with E-state index in [1.165, 1.54) is 0 Å². The summed E-state index contributed by atoms with van der Waals surface area (Å²) in [5.74, 6) is -3.30. The molecule has 2 aromatic rings. The van der Waals surface area contributed by atoms with E-state index in [9.17, 15) is 18.3 Å². The summed E-state index contributed by atoms with van der Waals surface area (Å²) in [4.78, 5) is 0. The summed E-state index contributed by atoms with van der Waals surface area (Å²) in [5.41, 5.74) is 1.58. The van der Waals surface area contributed by atoms with E-state index < -0.39 is 30.1 Å². The van der Waals surface area contributed by atoms with Gasteiger partial charge >= 0.3 is 0 Å². The van der Waals surface area contributed by atoms with E-state index >= 15 is 0 Å². The zero-order valence-corrected chi connectivity index (χ0v) is 10.8. The van der Waals surface area contributed by atoms with Gasteiger partial charge in [0, 0.05) is 17.3 Å². The van der Waals surface area contributed by atoms with Gasteiger partial charge in [-0.15, -0.1) is 0 Å². The van der Waals surface area contributed by atoms with Crippen LogP contribution in [0, 0.1) is 24.4 Å². The highest BCUT2D eigenvalue weighted by Gasteiger charge is 2.18. The van der Waals surface area contributed by atoms with Gasteiger partial charge in [0.15, 0.2) is 11.6 Å². The SMILES string of the molecule is Cc1ccc(NC(CO)c2cc(F)c(F)cc2F)cc1. The molecule has 2 nitrogen and oxygen atoms in total. The number of aliphatic hydroxyl groups excluding tert-OH is 1. The lowest BCUT2D eigenvalue weighted by atomic mass is 10.1. The highest BCUT2D eigenvalue weighted by molar-refractivity contribution is 5.47. The Hall–Kier alpha value is -2.01. The van der Waals surface area contributed by atoms with E-state index in [1.54, 1.807) is 12.1 Å². The Morgan fingerprint density at radius 3 is 2.20 bits per heavy atom. The molecule has 0 aromatic heterocycles. The maximum absolute atomic E-state index is 13.7. The maximum Gasteiger partial charge on any atom is 0.161 e. The number of aryl methyl sites for hydroxylation is 1. The first-order chi connectivity index (χ1) is 9.51. The molecule has 0 aliphatic rings. The Bertz CT molecular complexity index is 599. The van der Waals surface area contributed by atoms with Crippen LogP contribution < -0.4 is 5.32 Å². The van der Waals surface area contributed by atoms with Gasteiger partial charge in [0.25, 0.3) is 0 Å². The van der Waals surface area contributed by atoms with Gasteiger partial charge in [-0.05, 0) is 25.1 Å². The van der Waals surface area contributed by atoms with Crippen molar-refractivity contribution in [1.29, 1.82) is 0 Å². The molecule has 2 rings (SSSR count). The van der Waals surface area contributed by atoms with Crippen LogP contribution in [-0.2, 0) is 0 Å². The Morgan fingerprint density at radius 2 is 1.60 bits per heavy atom. The highest BCUT2D eigenvalue weighted by atomic mass is 19.2. The molecule has 2 N–H and O–H groups in total. The molecule has 1 atom stereocenters. The molecule has 0 saturated heterocycles. The molecule has 1 unspecified atom stereocenters. The Balaban J connectivity index is 2.28. The van der Waals surface area contributed by atoms with Crippen molar-refractivity contribution in [2.75, 3.05) is 11.9 Å². The van der Waals surface area contributed by atoms with Crippen LogP contribution in [0.15, 0.2) is 36.4 Å². The van der Waals surface area contributed by atoms with Gasteiger partial charge in [-0.25, -0.2) is 13.2 Å². The smallest absolute Gasteiger partial charge is 0.161 e. The van der Waals surface area contributed by atoms with E-state index in [0.717, 1.165) is 11.6 Å². The monoisotopic (exact) mass is 281 g/mol. The van der Waals surface area contributed by atoms with Crippen molar-refractivity contribution in [3.05, 3.63) is 65.0 Å². The zero-order valence-electron chi connectivity index (χ0n) is 10.8. The first-order valence-corrected chi connectivity index (χ1v) is 6.09. The van der Waals surface area contributed by atoms with Crippen molar-refractivity contribution in [2.45, 2.75) is 13.0 Å². The largest absolute Gasteiger partial charge is 0.394 e. The molecule has 20 heavy (non-hydrogen) atoms. The predicted molar refractivity (Wildman–Crippen MR) is 70.9 cm³/mol. The molecule has 0 radical (unpaired) electrons. The normalized spacial score (nSPS) is 12.2. The van der Waals surface area contributed by atoms with E-state index in [1.807, 2.05) is 19.1 Å². The van der Waals surface area contributed by atoms with Crippen LogP contribution in [0.25, 0.3) is 0 Å². The van der Waals surface area contributed by atoms with Crippen LogP contribution >= 0.6 is 0 Å². The Morgan fingerprint density at radius 1 is 1.00 bits per heavy atom. The lowest BCUT2D eigenvalue weighted by Crippen LogP contribution is -2.17. The van der Waals surface area contributed by atoms with Crippen LogP contribution in [0.2, 0.25) is 0 Å². The number of rotatable bonds is 4. The van der Waals surface area contributed by atoms with Crippen molar-refractivity contribution in [3.8, 4) is 0 Å². The molecule has 0 saturated carbocycles. The summed E-state index contributed by atoms with van der Waals surface area (Å²) >= 11 is 0. The highest BCUT2D eigenvalue weighted by Crippen LogP contribution is 2.24. The van der Waals surface area contributed by atoms with E-state index in [2.05, 4.69) is 5.32 Å². The summed E-state index contributed by atoms with van der Waals surface area (Å²) in [6.07, 6.45) is 0. The van der Waals surface area contributed by atoms with Gasteiger partial charge in [0.05, 0.1) is 12.6 Å². The first-order valence-electron chi connectivity index (χ1n) is 6.09. The molecule has 0 bridgehead atoms. The molecular formula is C15H14F3NO. The third kappa shape index (κ3) is 3.11. The van der Waals surface area contributed by atoms with E-state index in [4.69, 9.17) is 0 Å². The third-order valence-corrected chi connectivity index (χ3v) is 2.99. The second-order valence-electron chi connectivity index (χ2n) is 4.53. The molecule has 0 spiro atoms. The minimum atomic E-state index is -1.25. The molecule has 106 valence electrons. The number of nitrogens with one attached hydrogen (secondary N) is 1. The number of halogens is 3. The standard InChI is InChI=1S/C15H14F3NO/c1-9-2-4-10(5-3-9)19-15(8-20)11-6-13(17)14(18)7-12(11)16/h2-7,15,19-20H,8H2,1H3. The van der Waals surface area contributed by atoms with Gasteiger partial charge < -0.3 is 10.4 Å². The van der Waals surface area contributed by atoms with E-state index in [-0.39, 0.29) is 5.56 Å². The summed E-state index contributed by atoms with van der Waals surface area (Å²) in [6.45, 7) is 1.47. The maximum atomic E-state index is 13.7. The Labute approximate surface area is 114 Å². The summed E-state index contributed by atoms with van der Waals surface area (Å²) in [5, 5.41) is 12.2. The molecule has 2 aromatic carbocycles. The fourth-order valence-electron chi connectivity index (χ4n) is 1.88. The lowest BCUT2D eigenvalue weighted by molar-refractivity contribution is 0.273. The first kappa shape index (κ1) is 14.4. The van der Waals surface area contributed by atoms with Crippen LogP contribution in [0.1, 0.15) is 17.2 Å². The molecule has 5 heteroatoms. The van der Waals surface area contributed by atoms with Crippen molar-refractivity contribution in [1.82, 2.24) is 0 Å². The minimum absolute atomic E-state index is 0.119. The average Bonchev–Trinajstić information content (AvgIpc) is 2.43. The van der Waals surface area contributed by atoms with Crippen molar-refractivity contribution >= 4 is 5.69 Å². The number of hydrogen-bond donors (Lipinski definition) is 2. The summed E-state index contributed by atoms with van der Waals surface area (Å²) in [7, 11) is 0. The summed E-state index contributed by atoms with van der Waals surface area (Å²) < 4.78 is 39.8. The molecular weight excluding hydrogens is 267 g/mol. The van der Waals surface area contributed by atoms with Crippen LogP contribution in [0.4, 0.5) is 18.9 Å². The fourth-order valence-corrected chi connectivity index (χ4v) is 1.88. The van der Waals surface area contributed by atoms with Crippen molar-refractivity contribution in [2.24, 2.45) is 0 Å². The minimum Gasteiger partial charge on any atom is -0.394 e. The van der Waals surface area contributed by atoms with Gasteiger partial charge in [0.2, 0.25) is 0 Å². The second-order valence-corrected chi connectivity index (χ2v) is 4.53. The quantitative estimate of drug-likeness (QED) is 0.840. The van der Waals surface area contributed by atoms with Crippen LogP contribution in [0.5, 0.6) is 0 Å². The molecule has 0 aliphatic heterocycles. The number of benzene rings is 2. The predicted octanol–water partition coefficient (Wildman–Crippen LogP) is 3.56. The van der Waals surface area contributed by atoms with Gasteiger partial charge in [-0.1, -0.05) is 17.7 Å². The molecule has 0 aliphatic carbocycles. The molecule has 0 amide bonds. The van der Waals surface area contributed by atoms with Gasteiger partial charge in [-0.2, -0.15) is 0 Å². The molecule has 0 fully saturated rings. The third-order valence-electron chi connectivity index (χ3n) is 2.99. The number of anilines is 1. The van der Waals surface area contributed by atoms with Gasteiger partial charge in [0.1, 0.15) is 5.82 Å².